The van der Waals surface area contributed by atoms with Gasteiger partial charge in [0.15, 0.2) is 5.13 Å². The van der Waals surface area contributed by atoms with Crippen LogP contribution in [0.4, 0.5) is 5.13 Å². The second-order valence-electron chi connectivity index (χ2n) is 7.67. The Labute approximate surface area is 170 Å². The topological polar surface area (TPSA) is 65.5 Å². The van der Waals surface area contributed by atoms with Crippen molar-refractivity contribution >= 4 is 28.3 Å². The van der Waals surface area contributed by atoms with Gasteiger partial charge >= 0.3 is 0 Å². The molecular weight excluding hydrogens is 372 g/mol. The first-order valence-electron chi connectivity index (χ1n) is 9.56. The standard InChI is InChI=1S/C21H28N4O2S/c1-13-8-9-14(2)16(11-13)17-7-6-10-25(17)12-18(26)23-21-22-15(3)19(28-21)20(27)24(4)5/h8-9,11,17H,6-7,10,12H2,1-5H3,(H,22,23,26)/t17-/m0/s1. The van der Waals surface area contributed by atoms with Crippen LogP contribution in [0.25, 0.3) is 0 Å². The van der Waals surface area contributed by atoms with Crippen molar-refractivity contribution in [2.45, 2.75) is 39.7 Å². The van der Waals surface area contributed by atoms with E-state index in [1.54, 1.807) is 21.0 Å². The number of thiazole rings is 1. The van der Waals surface area contributed by atoms with Crippen LogP contribution in [0.5, 0.6) is 0 Å². The predicted octanol–water partition coefficient (Wildman–Crippen LogP) is 3.55. The van der Waals surface area contributed by atoms with Crippen molar-refractivity contribution in [1.29, 1.82) is 0 Å². The molecule has 1 aromatic carbocycles. The first-order valence-corrected chi connectivity index (χ1v) is 10.4. The van der Waals surface area contributed by atoms with E-state index < -0.39 is 0 Å². The van der Waals surface area contributed by atoms with E-state index in [0.717, 1.165) is 19.4 Å². The number of aryl methyl sites for hydroxylation is 3. The number of likely N-dealkylation sites (tertiary alicyclic amines) is 1. The highest BCUT2D eigenvalue weighted by Crippen LogP contribution is 2.34. The van der Waals surface area contributed by atoms with Gasteiger partial charge in [0.05, 0.1) is 12.2 Å². The first kappa shape index (κ1) is 20.5. The van der Waals surface area contributed by atoms with Crippen molar-refractivity contribution in [3.05, 3.63) is 45.5 Å². The molecule has 1 aliphatic heterocycles. The van der Waals surface area contributed by atoms with Gasteiger partial charge in [0.2, 0.25) is 5.91 Å². The molecule has 150 valence electrons. The molecule has 1 N–H and O–H groups in total. The van der Waals surface area contributed by atoms with E-state index in [0.29, 0.717) is 22.2 Å². The largest absolute Gasteiger partial charge is 0.344 e. The minimum atomic E-state index is -0.0926. The fourth-order valence-electron chi connectivity index (χ4n) is 3.68. The Morgan fingerprint density at radius 2 is 2.04 bits per heavy atom. The lowest BCUT2D eigenvalue weighted by Gasteiger charge is -2.25. The number of carbonyl (C=O) groups excluding carboxylic acids is 2. The maximum Gasteiger partial charge on any atom is 0.265 e. The molecular formula is C21H28N4O2S. The van der Waals surface area contributed by atoms with Gasteiger partial charge in [-0.25, -0.2) is 4.98 Å². The molecule has 7 heteroatoms. The second-order valence-corrected chi connectivity index (χ2v) is 8.67. The minimum absolute atomic E-state index is 0.0881. The number of benzene rings is 1. The van der Waals surface area contributed by atoms with E-state index in [9.17, 15) is 9.59 Å². The van der Waals surface area contributed by atoms with Crippen molar-refractivity contribution in [2.24, 2.45) is 0 Å². The highest BCUT2D eigenvalue weighted by molar-refractivity contribution is 7.17. The van der Waals surface area contributed by atoms with Crippen LogP contribution in [0.15, 0.2) is 18.2 Å². The van der Waals surface area contributed by atoms with E-state index in [1.807, 2.05) is 0 Å². The Morgan fingerprint density at radius 1 is 1.29 bits per heavy atom. The third-order valence-corrected chi connectivity index (χ3v) is 6.21. The van der Waals surface area contributed by atoms with Crippen LogP contribution in [0, 0.1) is 20.8 Å². The van der Waals surface area contributed by atoms with Gasteiger partial charge in [0, 0.05) is 20.1 Å². The predicted molar refractivity (Wildman–Crippen MR) is 113 cm³/mol. The smallest absolute Gasteiger partial charge is 0.265 e. The van der Waals surface area contributed by atoms with Crippen molar-refractivity contribution < 1.29 is 9.59 Å². The van der Waals surface area contributed by atoms with Gasteiger partial charge in [-0.1, -0.05) is 35.1 Å². The molecule has 0 bridgehead atoms. The Kier molecular flexibility index (Phi) is 6.15. The number of nitrogens with zero attached hydrogens (tertiary/aromatic N) is 3. The monoisotopic (exact) mass is 400 g/mol. The Balaban J connectivity index is 1.68. The quantitative estimate of drug-likeness (QED) is 0.834. The maximum absolute atomic E-state index is 12.6. The normalized spacial score (nSPS) is 17.0. The summed E-state index contributed by atoms with van der Waals surface area (Å²) in [7, 11) is 3.42. The van der Waals surface area contributed by atoms with Crippen molar-refractivity contribution in [3.8, 4) is 0 Å². The summed E-state index contributed by atoms with van der Waals surface area (Å²) in [5, 5.41) is 3.36. The molecule has 0 radical (unpaired) electrons. The van der Waals surface area contributed by atoms with Gasteiger partial charge in [0.1, 0.15) is 4.88 Å². The number of hydrogen-bond donors (Lipinski definition) is 1. The Hall–Kier alpha value is -2.25. The highest BCUT2D eigenvalue weighted by Gasteiger charge is 2.29. The molecule has 1 atom stereocenters. The molecule has 0 spiro atoms. The average molecular weight is 401 g/mol. The zero-order valence-electron chi connectivity index (χ0n) is 17.2. The lowest BCUT2D eigenvalue weighted by molar-refractivity contribution is -0.117. The summed E-state index contributed by atoms with van der Waals surface area (Å²) in [6.07, 6.45) is 2.15. The molecule has 0 saturated carbocycles. The fraction of sp³-hybridized carbons (Fsp3) is 0.476. The SMILES string of the molecule is Cc1ccc(C)c([C@@H]2CCCN2CC(=O)Nc2nc(C)c(C(=O)N(C)C)s2)c1. The number of hydrogen-bond acceptors (Lipinski definition) is 5. The van der Waals surface area contributed by atoms with Gasteiger partial charge in [-0.2, -0.15) is 0 Å². The maximum atomic E-state index is 12.6. The zero-order valence-corrected chi connectivity index (χ0v) is 18.0. The zero-order chi connectivity index (χ0) is 20.4. The first-order chi connectivity index (χ1) is 13.3. The van der Waals surface area contributed by atoms with E-state index >= 15 is 0 Å². The van der Waals surface area contributed by atoms with Crippen LogP contribution in [0.2, 0.25) is 0 Å². The Morgan fingerprint density at radius 3 is 2.75 bits per heavy atom. The van der Waals surface area contributed by atoms with Crippen molar-refractivity contribution in [3.63, 3.8) is 0 Å². The molecule has 2 heterocycles. The van der Waals surface area contributed by atoms with E-state index in [4.69, 9.17) is 0 Å². The molecule has 1 saturated heterocycles. The fourth-order valence-corrected chi connectivity index (χ4v) is 4.69. The van der Waals surface area contributed by atoms with Crippen LogP contribution < -0.4 is 5.32 Å². The van der Waals surface area contributed by atoms with Gasteiger partial charge in [-0.3, -0.25) is 14.5 Å². The average Bonchev–Trinajstić information content (AvgIpc) is 3.22. The number of aromatic nitrogens is 1. The van der Waals surface area contributed by atoms with Crippen molar-refractivity contribution in [2.75, 3.05) is 32.5 Å². The molecule has 0 aliphatic carbocycles. The molecule has 2 amide bonds. The van der Waals surface area contributed by atoms with Crippen LogP contribution >= 0.6 is 11.3 Å². The number of nitrogens with one attached hydrogen (secondary N) is 1. The summed E-state index contributed by atoms with van der Waals surface area (Å²) >= 11 is 1.23. The Bertz CT molecular complexity index is 891. The van der Waals surface area contributed by atoms with Crippen LogP contribution in [-0.2, 0) is 4.79 Å². The van der Waals surface area contributed by atoms with E-state index in [2.05, 4.69) is 47.2 Å². The van der Waals surface area contributed by atoms with Crippen LogP contribution in [0.3, 0.4) is 0 Å². The summed E-state index contributed by atoms with van der Waals surface area (Å²) in [6.45, 7) is 7.26. The third kappa shape index (κ3) is 4.42. The molecule has 1 fully saturated rings. The van der Waals surface area contributed by atoms with Gasteiger partial charge in [0.25, 0.3) is 5.91 Å². The lowest BCUT2D eigenvalue weighted by Crippen LogP contribution is -2.33. The van der Waals surface area contributed by atoms with Crippen LogP contribution in [0.1, 0.15) is 50.9 Å². The molecule has 3 rings (SSSR count). The van der Waals surface area contributed by atoms with Gasteiger partial charge in [-0.15, -0.1) is 0 Å². The van der Waals surface area contributed by atoms with Crippen LogP contribution in [-0.4, -0.2) is 53.8 Å². The number of amides is 2. The summed E-state index contributed by atoms with van der Waals surface area (Å²) in [5.74, 6) is -0.181. The highest BCUT2D eigenvalue weighted by atomic mass is 32.1. The molecule has 28 heavy (non-hydrogen) atoms. The molecule has 0 unspecified atom stereocenters. The third-order valence-electron chi connectivity index (χ3n) is 5.15. The van der Waals surface area contributed by atoms with Gasteiger partial charge < -0.3 is 10.2 Å². The summed E-state index contributed by atoms with van der Waals surface area (Å²) in [6, 6.07) is 6.79. The summed E-state index contributed by atoms with van der Waals surface area (Å²) in [4.78, 5) is 33.5. The number of carbonyl (C=O) groups is 2. The van der Waals surface area contributed by atoms with E-state index in [-0.39, 0.29) is 17.9 Å². The van der Waals surface area contributed by atoms with Crippen molar-refractivity contribution in [1.82, 2.24) is 14.8 Å². The van der Waals surface area contributed by atoms with Gasteiger partial charge in [-0.05, 0) is 51.3 Å². The summed E-state index contributed by atoms with van der Waals surface area (Å²) in [5.41, 5.74) is 4.47. The number of rotatable bonds is 5. The second kappa shape index (κ2) is 8.41. The molecule has 1 aromatic heterocycles. The molecule has 2 aromatic rings. The summed E-state index contributed by atoms with van der Waals surface area (Å²) < 4.78 is 0. The minimum Gasteiger partial charge on any atom is -0.344 e. The number of anilines is 1. The molecule has 1 aliphatic rings. The lowest BCUT2D eigenvalue weighted by atomic mass is 9.97. The van der Waals surface area contributed by atoms with E-state index in [1.165, 1.54) is 32.9 Å². The molecule has 6 nitrogen and oxygen atoms in total.